The maximum absolute atomic E-state index is 10.7. The van der Waals surface area contributed by atoms with Gasteiger partial charge in [-0.25, -0.2) is 4.79 Å². The molecule has 1 aliphatic heterocycles. The van der Waals surface area contributed by atoms with E-state index in [0.717, 1.165) is 5.56 Å². The second-order valence-corrected chi connectivity index (χ2v) is 4.12. The average molecular weight is 223 g/mol. The van der Waals surface area contributed by atoms with Crippen LogP contribution in [0.5, 0.6) is 11.5 Å². The van der Waals surface area contributed by atoms with Gasteiger partial charge in [0.05, 0.1) is 5.54 Å². The van der Waals surface area contributed by atoms with Crippen molar-refractivity contribution in [1.29, 1.82) is 0 Å². The first kappa shape index (κ1) is 10.6. The molecule has 0 saturated heterocycles. The average Bonchev–Trinajstić information content (AvgIpc) is 2.61. The van der Waals surface area contributed by atoms with Gasteiger partial charge in [-0.3, -0.25) is 0 Å². The van der Waals surface area contributed by atoms with Crippen molar-refractivity contribution < 1.29 is 19.4 Å². The summed E-state index contributed by atoms with van der Waals surface area (Å²) in [5, 5.41) is 11.2. The van der Waals surface area contributed by atoms with Crippen LogP contribution in [0.1, 0.15) is 19.4 Å². The van der Waals surface area contributed by atoms with Crippen molar-refractivity contribution >= 4 is 6.09 Å². The topological polar surface area (TPSA) is 67.8 Å². The van der Waals surface area contributed by atoms with Crippen LogP contribution in [0.15, 0.2) is 18.2 Å². The molecule has 5 heteroatoms. The molecule has 1 heterocycles. The van der Waals surface area contributed by atoms with Crippen LogP contribution in [0, 0.1) is 0 Å². The number of ether oxygens (including phenoxy) is 2. The van der Waals surface area contributed by atoms with Gasteiger partial charge in [0.2, 0.25) is 6.79 Å². The number of carbonyl (C=O) groups is 1. The van der Waals surface area contributed by atoms with Crippen molar-refractivity contribution in [1.82, 2.24) is 5.32 Å². The number of fused-ring (bicyclic) bond motifs is 1. The first-order valence-electron chi connectivity index (χ1n) is 4.90. The van der Waals surface area contributed by atoms with E-state index < -0.39 is 11.6 Å². The monoisotopic (exact) mass is 223 g/mol. The number of amides is 1. The number of hydrogen-bond acceptors (Lipinski definition) is 3. The highest BCUT2D eigenvalue weighted by Gasteiger charge is 2.25. The summed E-state index contributed by atoms with van der Waals surface area (Å²) in [6.07, 6.45) is -1.05. The first-order chi connectivity index (χ1) is 7.49. The van der Waals surface area contributed by atoms with Crippen molar-refractivity contribution in [2.24, 2.45) is 0 Å². The normalized spacial score (nSPS) is 13.6. The zero-order chi connectivity index (χ0) is 11.8. The Bertz CT molecular complexity index is 428. The molecular weight excluding hydrogens is 210 g/mol. The molecule has 1 amide bonds. The Morgan fingerprint density at radius 3 is 2.75 bits per heavy atom. The molecule has 1 aromatic rings. The molecule has 0 saturated carbocycles. The minimum absolute atomic E-state index is 0.214. The summed E-state index contributed by atoms with van der Waals surface area (Å²) in [7, 11) is 0. The molecule has 0 unspecified atom stereocenters. The van der Waals surface area contributed by atoms with E-state index in [2.05, 4.69) is 5.32 Å². The molecule has 2 rings (SSSR count). The summed E-state index contributed by atoms with van der Waals surface area (Å²) in [6, 6.07) is 5.39. The molecule has 5 nitrogen and oxygen atoms in total. The Balaban J connectivity index is 2.30. The molecule has 0 atom stereocenters. The fourth-order valence-electron chi connectivity index (χ4n) is 1.62. The lowest BCUT2D eigenvalue weighted by Crippen LogP contribution is -2.39. The lowest BCUT2D eigenvalue weighted by molar-refractivity contribution is 0.173. The lowest BCUT2D eigenvalue weighted by atomic mass is 9.94. The molecule has 1 aliphatic rings. The Hall–Kier alpha value is -1.91. The van der Waals surface area contributed by atoms with E-state index in [4.69, 9.17) is 14.6 Å². The van der Waals surface area contributed by atoms with Crippen molar-refractivity contribution in [2.75, 3.05) is 6.79 Å². The zero-order valence-electron chi connectivity index (χ0n) is 9.11. The van der Waals surface area contributed by atoms with Gasteiger partial charge in [-0.2, -0.15) is 0 Å². The maximum Gasteiger partial charge on any atom is 0.405 e. The van der Waals surface area contributed by atoms with E-state index in [1.165, 1.54) is 0 Å². The summed E-state index contributed by atoms with van der Waals surface area (Å²) >= 11 is 0. The highest BCUT2D eigenvalue weighted by molar-refractivity contribution is 5.66. The molecule has 0 bridgehead atoms. The predicted octanol–water partition coefficient (Wildman–Crippen LogP) is 1.92. The van der Waals surface area contributed by atoms with Gasteiger partial charge in [0.15, 0.2) is 11.5 Å². The highest BCUT2D eigenvalue weighted by Crippen LogP contribution is 2.35. The third-order valence-electron chi connectivity index (χ3n) is 2.51. The molecule has 0 fully saturated rings. The smallest absolute Gasteiger partial charge is 0.405 e. The van der Waals surface area contributed by atoms with Crippen LogP contribution in [0.2, 0.25) is 0 Å². The van der Waals surface area contributed by atoms with Gasteiger partial charge in [0.1, 0.15) is 0 Å². The van der Waals surface area contributed by atoms with E-state index in [0.29, 0.717) is 11.5 Å². The van der Waals surface area contributed by atoms with Crippen LogP contribution < -0.4 is 14.8 Å². The van der Waals surface area contributed by atoms with Crippen LogP contribution in [0.3, 0.4) is 0 Å². The lowest BCUT2D eigenvalue weighted by Gasteiger charge is -2.25. The SMILES string of the molecule is CC(C)(NC(=O)O)c1ccc2c(c1)OCO2. The Kier molecular flexibility index (Phi) is 2.38. The van der Waals surface area contributed by atoms with Crippen molar-refractivity contribution in [3.63, 3.8) is 0 Å². The third-order valence-corrected chi connectivity index (χ3v) is 2.51. The van der Waals surface area contributed by atoms with Crippen molar-refractivity contribution in [2.45, 2.75) is 19.4 Å². The summed E-state index contributed by atoms with van der Waals surface area (Å²) in [5.41, 5.74) is 0.173. The summed E-state index contributed by atoms with van der Waals surface area (Å²) in [6.45, 7) is 3.79. The quantitative estimate of drug-likeness (QED) is 0.803. The van der Waals surface area contributed by atoms with Crippen molar-refractivity contribution in [3.8, 4) is 11.5 Å². The number of benzene rings is 1. The molecule has 16 heavy (non-hydrogen) atoms. The van der Waals surface area contributed by atoms with E-state index in [-0.39, 0.29) is 6.79 Å². The second kappa shape index (κ2) is 3.59. The van der Waals surface area contributed by atoms with Gasteiger partial charge in [0, 0.05) is 0 Å². The standard InChI is InChI=1S/C11H13NO4/c1-11(2,12-10(13)14)7-3-4-8-9(5-7)16-6-15-8/h3-5,12H,6H2,1-2H3,(H,13,14). The molecule has 0 aliphatic carbocycles. The number of hydrogen-bond donors (Lipinski definition) is 2. The van der Waals surface area contributed by atoms with Gasteiger partial charge in [-0.05, 0) is 31.5 Å². The molecule has 86 valence electrons. The highest BCUT2D eigenvalue weighted by atomic mass is 16.7. The van der Waals surface area contributed by atoms with Gasteiger partial charge in [0.25, 0.3) is 0 Å². The van der Waals surface area contributed by atoms with E-state index in [1.807, 2.05) is 6.07 Å². The molecule has 0 spiro atoms. The Morgan fingerprint density at radius 1 is 1.38 bits per heavy atom. The molecule has 0 aromatic heterocycles. The number of rotatable bonds is 2. The van der Waals surface area contributed by atoms with Crippen LogP contribution in [0.4, 0.5) is 4.79 Å². The predicted molar refractivity (Wildman–Crippen MR) is 56.8 cm³/mol. The van der Waals surface area contributed by atoms with E-state index >= 15 is 0 Å². The van der Waals surface area contributed by atoms with Gasteiger partial charge in [-0.1, -0.05) is 6.07 Å². The maximum atomic E-state index is 10.7. The Labute approximate surface area is 93.0 Å². The van der Waals surface area contributed by atoms with E-state index in [9.17, 15) is 4.79 Å². The van der Waals surface area contributed by atoms with Crippen molar-refractivity contribution in [3.05, 3.63) is 23.8 Å². The molecule has 2 N–H and O–H groups in total. The Morgan fingerprint density at radius 2 is 2.06 bits per heavy atom. The number of carboxylic acid groups (broad SMARTS) is 1. The fourth-order valence-corrected chi connectivity index (χ4v) is 1.62. The van der Waals surface area contributed by atoms with Crippen LogP contribution in [-0.4, -0.2) is 18.0 Å². The van der Waals surface area contributed by atoms with Gasteiger partial charge >= 0.3 is 6.09 Å². The molecule has 1 aromatic carbocycles. The van der Waals surface area contributed by atoms with Gasteiger partial charge in [-0.15, -0.1) is 0 Å². The first-order valence-corrected chi connectivity index (χ1v) is 4.90. The largest absolute Gasteiger partial charge is 0.465 e. The number of nitrogens with one attached hydrogen (secondary N) is 1. The van der Waals surface area contributed by atoms with E-state index in [1.54, 1.807) is 26.0 Å². The molecule has 0 radical (unpaired) electrons. The summed E-state index contributed by atoms with van der Waals surface area (Å²) < 4.78 is 10.4. The second-order valence-electron chi connectivity index (χ2n) is 4.12. The summed E-state index contributed by atoms with van der Waals surface area (Å²) in [5.74, 6) is 1.34. The fraction of sp³-hybridized carbons (Fsp3) is 0.364. The molecular formula is C11H13NO4. The minimum Gasteiger partial charge on any atom is -0.465 e. The summed E-state index contributed by atoms with van der Waals surface area (Å²) in [4.78, 5) is 10.7. The van der Waals surface area contributed by atoms with Crippen LogP contribution >= 0.6 is 0 Å². The minimum atomic E-state index is -1.05. The van der Waals surface area contributed by atoms with Crippen LogP contribution in [-0.2, 0) is 5.54 Å². The third kappa shape index (κ3) is 1.88. The van der Waals surface area contributed by atoms with Crippen LogP contribution in [0.25, 0.3) is 0 Å². The van der Waals surface area contributed by atoms with Gasteiger partial charge < -0.3 is 19.9 Å². The zero-order valence-corrected chi connectivity index (χ0v) is 9.11.